The maximum atomic E-state index is 12.5. The Kier molecular flexibility index (Phi) is 7.99. The van der Waals surface area contributed by atoms with Gasteiger partial charge in [0.05, 0.1) is 34.0 Å². The first-order chi connectivity index (χ1) is 14.5. The summed E-state index contributed by atoms with van der Waals surface area (Å²) in [5.74, 6) is -1.62. The number of carbonyl (C=O) groups is 3. The number of aldehydes is 1. The molecule has 0 aromatic heterocycles. The van der Waals surface area contributed by atoms with E-state index in [2.05, 4.69) is 4.74 Å². The lowest BCUT2D eigenvalue weighted by atomic mass is 10.0. The van der Waals surface area contributed by atoms with Crippen LogP contribution in [-0.2, 0) is 25.6 Å². The Balaban J connectivity index is 2.66. The maximum Gasteiger partial charge on any atom is 0.373 e. The van der Waals surface area contributed by atoms with Crippen LogP contribution in [0.1, 0.15) is 31.8 Å². The number of esters is 2. The summed E-state index contributed by atoms with van der Waals surface area (Å²) in [5, 5.41) is 0. The second-order valence-corrected chi connectivity index (χ2v) is 5.88. The molecule has 0 amide bonds. The second kappa shape index (κ2) is 10.7. The van der Waals surface area contributed by atoms with E-state index in [-0.39, 0.29) is 40.6 Å². The molecular weight excluding hydrogens is 392 g/mol. The van der Waals surface area contributed by atoms with E-state index in [4.69, 9.17) is 18.9 Å². The molecule has 0 heterocycles. The summed E-state index contributed by atoms with van der Waals surface area (Å²) in [6, 6.07) is 10.7. The van der Waals surface area contributed by atoms with E-state index in [0.717, 1.165) is 5.56 Å². The quantitative estimate of drug-likeness (QED) is 0.267. The predicted octanol–water partition coefficient (Wildman–Crippen LogP) is 3.03. The number of ether oxygens (including phenoxy) is 5. The van der Waals surface area contributed by atoms with Gasteiger partial charge in [-0.2, -0.15) is 0 Å². The minimum Gasteiger partial charge on any atom is -0.492 e. The monoisotopic (exact) mass is 414 g/mol. The van der Waals surface area contributed by atoms with Crippen molar-refractivity contribution in [3.8, 4) is 11.5 Å². The van der Waals surface area contributed by atoms with Crippen LogP contribution in [0.15, 0.2) is 42.2 Å². The number of methoxy groups -OCH3 is 4. The Hall–Kier alpha value is -3.81. The Labute approximate surface area is 174 Å². The van der Waals surface area contributed by atoms with Crippen molar-refractivity contribution < 1.29 is 38.1 Å². The first-order valence-corrected chi connectivity index (χ1v) is 8.79. The molecule has 30 heavy (non-hydrogen) atoms. The third-order valence-electron chi connectivity index (χ3n) is 4.13. The highest BCUT2D eigenvalue weighted by Gasteiger charge is 2.26. The van der Waals surface area contributed by atoms with Gasteiger partial charge in [0.1, 0.15) is 12.2 Å². The third-order valence-corrected chi connectivity index (χ3v) is 4.13. The minimum atomic E-state index is -0.760. The third kappa shape index (κ3) is 4.96. The molecule has 0 atom stereocenters. The van der Waals surface area contributed by atoms with E-state index in [1.807, 2.05) is 30.3 Å². The summed E-state index contributed by atoms with van der Waals surface area (Å²) >= 11 is 0. The molecule has 8 heteroatoms. The number of rotatable bonds is 9. The van der Waals surface area contributed by atoms with E-state index in [0.29, 0.717) is 6.29 Å². The van der Waals surface area contributed by atoms with E-state index in [1.54, 1.807) is 0 Å². The minimum absolute atomic E-state index is 0.00560. The van der Waals surface area contributed by atoms with Crippen molar-refractivity contribution in [1.29, 1.82) is 0 Å². The first-order valence-electron chi connectivity index (χ1n) is 8.79. The lowest BCUT2D eigenvalue weighted by Gasteiger charge is -2.18. The summed E-state index contributed by atoms with van der Waals surface area (Å²) in [5.41, 5.74) is 1.09. The molecule has 8 nitrogen and oxygen atoms in total. The number of hydrogen-bond donors (Lipinski definition) is 0. The summed E-state index contributed by atoms with van der Waals surface area (Å²) in [6.07, 6.45) is 1.82. The molecule has 0 N–H and O–H groups in total. The Morgan fingerprint density at radius 2 is 1.60 bits per heavy atom. The van der Waals surface area contributed by atoms with Gasteiger partial charge < -0.3 is 23.7 Å². The topological polar surface area (TPSA) is 97.4 Å². The fraction of sp³-hybridized carbons (Fsp3) is 0.227. The first kappa shape index (κ1) is 22.5. The zero-order chi connectivity index (χ0) is 22.1. The molecule has 0 aliphatic carbocycles. The Morgan fingerprint density at radius 3 is 2.13 bits per heavy atom. The summed E-state index contributed by atoms with van der Waals surface area (Å²) < 4.78 is 25.8. The van der Waals surface area contributed by atoms with E-state index < -0.39 is 11.9 Å². The standard InChI is InChI=1S/C22H22O8/c1-26-17(21(24)28-3)11-15-10-16(12-23)19(20(27-2)18(15)22(25)29-4)30-13-14-8-6-5-7-9-14/h5-12H,13H2,1-4H3/b17-11+. The fourth-order valence-corrected chi connectivity index (χ4v) is 2.71. The molecule has 0 saturated carbocycles. The van der Waals surface area contributed by atoms with Crippen LogP contribution in [0.3, 0.4) is 0 Å². The largest absolute Gasteiger partial charge is 0.492 e. The molecule has 158 valence electrons. The van der Waals surface area contributed by atoms with Crippen LogP contribution in [0.4, 0.5) is 0 Å². The molecule has 0 saturated heterocycles. The maximum absolute atomic E-state index is 12.5. The Morgan fingerprint density at radius 1 is 0.900 bits per heavy atom. The number of benzene rings is 2. The van der Waals surface area contributed by atoms with Gasteiger partial charge in [-0.05, 0) is 23.3 Å². The SMILES string of the molecule is COC(=O)/C(=C\c1cc(C=O)c(OCc2ccccc2)c(OC)c1C(=O)OC)OC. The van der Waals surface area contributed by atoms with Crippen molar-refractivity contribution in [1.82, 2.24) is 0 Å². The zero-order valence-corrected chi connectivity index (χ0v) is 17.1. The van der Waals surface area contributed by atoms with E-state index in [1.165, 1.54) is 40.6 Å². The molecule has 2 aromatic carbocycles. The van der Waals surface area contributed by atoms with Gasteiger partial charge in [-0.3, -0.25) is 4.79 Å². The summed E-state index contributed by atoms with van der Waals surface area (Å²) in [4.78, 5) is 36.2. The molecule has 2 rings (SSSR count). The number of hydrogen-bond acceptors (Lipinski definition) is 8. The smallest absolute Gasteiger partial charge is 0.373 e. The second-order valence-electron chi connectivity index (χ2n) is 5.88. The van der Waals surface area contributed by atoms with Crippen LogP contribution in [0, 0.1) is 0 Å². The highest BCUT2D eigenvalue weighted by atomic mass is 16.6. The molecule has 0 radical (unpaired) electrons. The highest BCUT2D eigenvalue weighted by molar-refractivity contribution is 6.02. The normalized spacial score (nSPS) is 10.7. The van der Waals surface area contributed by atoms with Crippen LogP contribution in [0.5, 0.6) is 11.5 Å². The average Bonchev–Trinajstić information content (AvgIpc) is 2.79. The average molecular weight is 414 g/mol. The fourth-order valence-electron chi connectivity index (χ4n) is 2.71. The summed E-state index contributed by atoms with van der Waals surface area (Å²) in [6.45, 7) is 0.138. The lowest BCUT2D eigenvalue weighted by molar-refractivity contribution is -0.139. The van der Waals surface area contributed by atoms with Crippen molar-refractivity contribution in [2.24, 2.45) is 0 Å². The van der Waals surface area contributed by atoms with Crippen LogP contribution in [0.2, 0.25) is 0 Å². The lowest BCUT2D eigenvalue weighted by Crippen LogP contribution is -2.12. The van der Waals surface area contributed by atoms with Gasteiger partial charge >= 0.3 is 11.9 Å². The van der Waals surface area contributed by atoms with Crippen LogP contribution < -0.4 is 9.47 Å². The highest BCUT2D eigenvalue weighted by Crippen LogP contribution is 2.38. The zero-order valence-electron chi connectivity index (χ0n) is 17.1. The van der Waals surface area contributed by atoms with Gasteiger partial charge in [0.25, 0.3) is 0 Å². The van der Waals surface area contributed by atoms with Gasteiger partial charge in [0.2, 0.25) is 5.76 Å². The van der Waals surface area contributed by atoms with Gasteiger partial charge in [0.15, 0.2) is 17.8 Å². The molecule has 0 aliphatic heterocycles. The van der Waals surface area contributed by atoms with Gasteiger partial charge in [0, 0.05) is 0 Å². The van der Waals surface area contributed by atoms with Crippen LogP contribution >= 0.6 is 0 Å². The molecule has 0 fully saturated rings. The Bertz CT molecular complexity index is 947. The molecule has 0 aliphatic rings. The van der Waals surface area contributed by atoms with Gasteiger partial charge in [-0.15, -0.1) is 0 Å². The molecule has 0 bridgehead atoms. The molecule has 0 unspecified atom stereocenters. The van der Waals surface area contributed by atoms with E-state index in [9.17, 15) is 14.4 Å². The van der Waals surface area contributed by atoms with E-state index >= 15 is 0 Å². The molecular formula is C22H22O8. The predicted molar refractivity (Wildman–Crippen MR) is 107 cm³/mol. The molecule has 2 aromatic rings. The van der Waals surface area contributed by atoms with Crippen molar-refractivity contribution in [3.63, 3.8) is 0 Å². The van der Waals surface area contributed by atoms with Crippen LogP contribution in [-0.4, -0.2) is 46.7 Å². The van der Waals surface area contributed by atoms with Crippen molar-refractivity contribution in [2.75, 3.05) is 28.4 Å². The van der Waals surface area contributed by atoms with Crippen molar-refractivity contribution in [2.45, 2.75) is 6.61 Å². The van der Waals surface area contributed by atoms with Gasteiger partial charge in [-0.1, -0.05) is 30.3 Å². The van der Waals surface area contributed by atoms with Crippen LogP contribution in [0.25, 0.3) is 6.08 Å². The van der Waals surface area contributed by atoms with Gasteiger partial charge in [-0.25, -0.2) is 9.59 Å². The molecule has 0 spiro atoms. The number of carbonyl (C=O) groups excluding carboxylic acids is 3. The van der Waals surface area contributed by atoms with Crippen molar-refractivity contribution in [3.05, 3.63) is 64.4 Å². The van der Waals surface area contributed by atoms with Crippen molar-refractivity contribution >= 4 is 24.3 Å². The summed E-state index contributed by atoms with van der Waals surface area (Å²) in [7, 11) is 4.99.